The first kappa shape index (κ1) is 20.4. The van der Waals surface area contributed by atoms with Gasteiger partial charge in [-0.1, -0.05) is 41.9 Å². The summed E-state index contributed by atoms with van der Waals surface area (Å²) in [5, 5.41) is 12.6. The van der Waals surface area contributed by atoms with Crippen LogP contribution in [0.4, 0.5) is 5.69 Å². The lowest BCUT2D eigenvalue weighted by Gasteiger charge is -2.15. The van der Waals surface area contributed by atoms with Crippen LogP contribution in [0.2, 0.25) is 5.02 Å². The number of carbonyl (C=O) groups excluding carboxylic acids is 1. The molecule has 29 heavy (non-hydrogen) atoms. The average molecular weight is 410 g/mol. The molecule has 1 amide bonds. The summed E-state index contributed by atoms with van der Waals surface area (Å²) in [6.45, 7) is 0. The van der Waals surface area contributed by atoms with Crippen molar-refractivity contribution in [1.29, 1.82) is 0 Å². The molecule has 1 atom stereocenters. The average Bonchev–Trinajstić information content (AvgIpc) is 2.71. The van der Waals surface area contributed by atoms with Crippen molar-refractivity contribution in [3.8, 4) is 11.5 Å². The second-order valence-corrected chi connectivity index (χ2v) is 6.97. The van der Waals surface area contributed by atoms with Gasteiger partial charge in [0.2, 0.25) is 5.91 Å². The molecule has 0 bridgehead atoms. The first-order chi connectivity index (χ1) is 14.0. The van der Waals surface area contributed by atoms with Crippen molar-refractivity contribution >= 4 is 29.2 Å². The Hall–Kier alpha value is -3.31. The number of carboxylic acid groups (broad SMARTS) is 1. The summed E-state index contributed by atoms with van der Waals surface area (Å²) < 4.78 is 5.72. The summed E-state index contributed by atoms with van der Waals surface area (Å²) in [6, 6.07) is 23.2. The standard InChI is InChI=1S/C23H20ClNO4/c24-18-6-10-20(11-7-18)29-21-12-8-19(9-13-21)25-22(26)14-17(15-23(27)28)16-4-2-1-3-5-16/h1-13,17H,14-15H2,(H,25,26)(H,27,28). The van der Waals surface area contributed by atoms with E-state index in [4.69, 9.17) is 21.4 Å². The molecule has 0 spiro atoms. The van der Waals surface area contributed by atoms with Gasteiger partial charge in [-0.25, -0.2) is 0 Å². The van der Waals surface area contributed by atoms with Crippen molar-refractivity contribution in [2.75, 3.05) is 5.32 Å². The van der Waals surface area contributed by atoms with Gasteiger partial charge in [0.15, 0.2) is 0 Å². The maximum absolute atomic E-state index is 12.4. The number of amides is 1. The number of ether oxygens (including phenoxy) is 1. The molecule has 2 N–H and O–H groups in total. The molecule has 5 nitrogen and oxygen atoms in total. The molecule has 3 aromatic rings. The number of anilines is 1. The summed E-state index contributed by atoms with van der Waals surface area (Å²) >= 11 is 5.86. The summed E-state index contributed by atoms with van der Waals surface area (Å²) in [5.41, 5.74) is 1.44. The highest BCUT2D eigenvalue weighted by molar-refractivity contribution is 6.30. The van der Waals surface area contributed by atoms with E-state index in [0.29, 0.717) is 22.2 Å². The van der Waals surface area contributed by atoms with Crippen LogP contribution in [0.25, 0.3) is 0 Å². The molecule has 0 saturated carbocycles. The molecular weight excluding hydrogens is 390 g/mol. The van der Waals surface area contributed by atoms with E-state index >= 15 is 0 Å². The molecule has 1 unspecified atom stereocenters. The van der Waals surface area contributed by atoms with Crippen LogP contribution in [-0.2, 0) is 9.59 Å². The van der Waals surface area contributed by atoms with Gasteiger partial charge in [0, 0.05) is 23.0 Å². The fraction of sp³-hybridized carbons (Fsp3) is 0.130. The summed E-state index contributed by atoms with van der Waals surface area (Å²) in [7, 11) is 0. The lowest BCUT2D eigenvalue weighted by atomic mass is 9.92. The Morgan fingerprint density at radius 1 is 0.862 bits per heavy atom. The Morgan fingerprint density at radius 3 is 2.03 bits per heavy atom. The smallest absolute Gasteiger partial charge is 0.303 e. The molecule has 0 aliphatic heterocycles. The third-order valence-electron chi connectivity index (χ3n) is 4.31. The first-order valence-corrected chi connectivity index (χ1v) is 9.47. The van der Waals surface area contributed by atoms with Crippen LogP contribution < -0.4 is 10.1 Å². The molecule has 0 aliphatic carbocycles. The molecule has 0 aliphatic rings. The predicted molar refractivity (Wildman–Crippen MR) is 113 cm³/mol. The van der Waals surface area contributed by atoms with E-state index in [1.807, 2.05) is 30.3 Å². The van der Waals surface area contributed by atoms with Crippen LogP contribution in [0.15, 0.2) is 78.9 Å². The van der Waals surface area contributed by atoms with Gasteiger partial charge in [0.1, 0.15) is 11.5 Å². The monoisotopic (exact) mass is 409 g/mol. The molecule has 3 rings (SSSR count). The third-order valence-corrected chi connectivity index (χ3v) is 4.56. The Balaban J connectivity index is 1.60. The summed E-state index contributed by atoms with van der Waals surface area (Å²) in [5.74, 6) is -0.285. The van der Waals surface area contributed by atoms with Crippen LogP contribution >= 0.6 is 11.6 Å². The molecular formula is C23H20ClNO4. The highest BCUT2D eigenvalue weighted by Crippen LogP contribution is 2.26. The lowest BCUT2D eigenvalue weighted by molar-refractivity contribution is -0.137. The lowest BCUT2D eigenvalue weighted by Crippen LogP contribution is -2.17. The normalized spacial score (nSPS) is 11.5. The highest BCUT2D eigenvalue weighted by atomic mass is 35.5. The van der Waals surface area contributed by atoms with E-state index in [1.165, 1.54) is 0 Å². The number of carboxylic acids is 1. The number of carbonyl (C=O) groups is 2. The number of benzene rings is 3. The zero-order valence-corrected chi connectivity index (χ0v) is 16.3. The molecule has 3 aromatic carbocycles. The fourth-order valence-corrected chi connectivity index (χ4v) is 3.05. The SMILES string of the molecule is O=C(O)CC(CC(=O)Nc1ccc(Oc2ccc(Cl)cc2)cc1)c1ccccc1. The Kier molecular flexibility index (Phi) is 6.87. The van der Waals surface area contributed by atoms with Gasteiger partial charge < -0.3 is 15.2 Å². The van der Waals surface area contributed by atoms with Crippen LogP contribution in [0.3, 0.4) is 0 Å². The van der Waals surface area contributed by atoms with E-state index in [0.717, 1.165) is 5.56 Å². The van der Waals surface area contributed by atoms with Gasteiger partial charge in [-0.05, 0) is 54.1 Å². The summed E-state index contributed by atoms with van der Waals surface area (Å²) in [4.78, 5) is 23.6. The number of halogens is 1. The number of rotatable bonds is 8. The van der Waals surface area contributed by atoms with E-state index in [9.17, 15) is 9.59 Å². The quantitative estimate of drug-likeness (QED) is 0.499. The van der Waals surface area contributed by atoms with Gasteiger partial charge in [0.05, 0.1) is 6.42 Å². The highest BCUT2D eigenvalue weighted by Gasteiger charge is 2.19. The van der Waals surface area contributed by atoms with Crippen LogP contribution in [-0.4, -0.2) is 17.0 Å². The maximum Gasteiger partial charge on any atom is 0.303 e. The molecule has 0 heterocycles. The first-order valence-electron chi connectivity index (χ1n) is 9.09. The van der Waals surface area contributed by atoms with Crippen molar-refractivity contribution in [3.05, 3.63) is 89.4 Å². The molecule has 0 saturated heterocycles. The molecule has 0 aromatic heterocycles. The second-order valence-electron chi connectivity index (χ2n) is 6.54. The minimum Gasteiger partial charge on any atom is -0.481 e. The van der Waals surface area contributed by atoms with Gasteiger partial charge in [-0.2, -0.15) is 0 Å². The van der Waals surface area contributed by atoms with E-state index in [2.05, 4.69) is 5.32 Å². The van der Waals surface area contributed by atoms with Crippen molar-refractivity contribution in [2.24, 2.45) is 0 Å². The van der Waals surface area contributed by atoms with E-state index < -0.39 is 5.97 Å². The topological polar surface area (TPSA) is 75.6 Å². The second kappa shape index (κ2) is 9.75. The van der Waals surface area contributed by atoms with Gasteiger partial charge in [-0.3, -0.25) is 9.59 Å². The van der Waals surface area contributed by atoms with Crippen LogP contribution in [0.1, 0.15) is 24.3 Å². The predicted octanol–water partition coefficient (Wildman–Crippen LogP) is 5.72. The van der Waals surface area contributed by atoms with Crippen molar-refractivity contribution < 1.29 is 19.4 Å². The van der Waals surface area contributed by atoms with Gasteiger partial charge in [-0.15, -0.1) is 0 Å². The zero-order valence-electron chi connectivity index (χ0n) is 15.5. The number of hydrogen-bond acceptors (Lipinski definition) is 3. The molecule has 148 valence electrons. The number of nitrogens with one attached hydrogen (secondary N) is 1. The van der Waals surface area contributed by atoms with Crippen molar-refractivity contribution in [2.45, 2.75) is 18.8 Å². The van der Waals surface area contributed by atoms with E-state index in [1.54, 1.807) is 48.5 Å². The third kappa shape index (κ3) is 6.36. The van der Waals surface area contributed by atoms with Crippen LogP contribution in [0, 0.1) is 0 Å². The molecule has 0 radical (unpaired) electrons. The van der Waals surface area contributed by atoms with Gasteiger partial charge in [0.25, 0.3) is 0 Å². The fourth-order valence-electron chi connectivity index (χ4n) is 2.92. The Labute approximate surface area is 173 Å². The minimum absolute atomic E-state index is 0.0827. The van der Waals surface area contributed by atoms with E-state index in [-0.39, 0.29) is 24.7 Å². The largest absolute Gasteiger partial charge is 0.481 e. The van der Waals surface area contributed by atoms with Crippen molar-refractivity contribution in [3.63, 3.8) is 0 Å². The molecule has 6 heteroatoms. The Bertz CT molecular complexity index is 956. The van der Waals surface area contributed by atoms with Gasteiger partial charge >= 0.3 is 5.97 Å². The minimum atomic E-state index is -0.935. The molecule has 0 fully saturated rings. The summed E-state index contributed by atoms with van der Waals surface area (Å²) in [6.07, 6.45) is -0.0232. The number of aliphatic carboxylic acids is 1. The van der Waals surface area contributed by atoms with Crippen molar-refractivity contribution in [1.82, 2.24) is 0 Å². The number of hydrogen-bond donors (Lipinski definition) is 2. The maximum atomic E-state index is 12.4. The van der Waals surface area contributed by atoms with Crippen LogP contribution in [0.5, 0.6) is 11.5 Å². The zero-order chi connectivity index (χ0) is 20.6. The Morgan fingerprint density at radius 2 is 1.45 bits per heavy atom.